The first-order chi connectivity index (χ1) is 8.93. The molecule has 0 aliphatic carbocycles. The van der Waals surface area contributed by atoms with Crippen LogP contribution >= 0.6 is 0 Å². The van der Waals surface area contributed by atoms with Gasteiger partial charge < -0.3 is 9.88 Å². The van der Waals surface area contributed by atoms with Gasteiger partial charge >= 0.3 is 0 Å². The summed E-state index contributed by atoms with van der Waals surface area (Å²) in [6.07, 6.45) is 12.4. The quantitative estimate of drug-likeness (QED) is 0.837. The molecule has 1 atom stereocenters. The molecule has 94 valence electrons. The van der Waals surface area contributed by atoms with E-state index in [0.29, 0.717) is 6.04 Å². The first-order valence-corrected chi connectivity index (χ1v) is 6.73. The second kappa shape index (κ2) is 5.36. The number of fused-ring (bicyclic) bond motifs is 1. The Bertz CT molecular complexity index is 535. The van der Waals surface area contributed by atoms with Gasteiger partial charge in [0, 0.05) is 30.4 Å². The number of allylic oxidation sites excluding steroid dienone is 1. The zero-order valence-corrected chi connectivity index (χ0v) is 10.5. The number of aromatic nitrogens is 2. The molecule has 3 heteroatoms. The molecule has 1 aliphatic rings. The molecule has 18 heavy (non-hydrogen) atoms. The molecular weight excluding hydrogens is 222 g/mol. The van der Waals surface area contributed by atoms with Crippen molar-refractivity contribution in [1.29, 1.82) is 0 Å². The maximum absolute atomic E-state index is 4.42. The van der Waals surface area contributed by atoms with Gasteiger partial charge in [-0.2, -0.15) is 0 Å². The van der Waals surface area contributed by atoms with Gasteiger partial charge in [-0.05, 0) is 37.6 Å². The van der Waals surface area contributed by atoms with E-state index in [4.69, 9.17) is 0 Å². The minimum Gasteiger partial charge on any atom is -0.329 e. The smallest absolute Gasteiger partial charge is 0.140 e. The van der Waals surface area contributed by atoms with Crippen molar-refractivity contribution in [3.05, 3.63) is 42.7 Å². The molecule has 0 spiro atoms. The van der Waals surface area contributed by atoms with Gasteiger partial charge in [0.1, 0.15) is 5.65 Å². The van der Waals surface area contributed by atoms with Crippen LogP contribution in [-0.2, 0) is 6.54 Å². The predicted molar refractivity (Wildman–Crippen MR) is 74.5 cm³/mol. The van der Waals surface area contributed by atoms with Gasteiger partial charge in [-0.1, -0.05) is 18.6 Å². The highest BCUT2D eigenvalue weighted by Gasteiger charge is 2.08. The number of nitrogens with one attached hydrogen (secondary N) is 1. The molecule has 1 fully saturated rings. The third kappa shape index (κ3) is 2.46. The Labute approximate surface area is 108 Å². The molecule has 0 saturated carbocycles. The van der Waals surface area contributed by atoms with Crippen LogP contribution in [0.4, 0.5) is 0 Å². The molecule has 2 aromatic rings. The number of pyridine rings is 1. The first-order valence-electron chi connectivity index (χ1n) is 6.73. The highest BCUT2D eigenvalue weighted by Crippen LogP contribution is 2.12. The lowest BCUT2D eigenvalue weighted by atomic mass is 10.0. The average Bonchev–Trinajstić information content (AvgIpc) is 2.84. The summed E-state index contributed by atoms with van der Waals surface area (Å²) in [6, 6.07) is 6.77. The van der Waals surface area contributed by atoms with Gasteiger partial charge in [0.25, 0.3) is 0 Å². The molecule has 2 aromatic heterocycles. The molecule has 3 rings (SSSR count). The topological polar surface area (TPSA) is 29.9 Å². The molecule has 0 bridgehead atoms. The van der Waals surface area contributed by atoms with Gasteiger partial charge in [0.2, 0.25) is 0 Å². The van der Waals surface area contributed by atoms with E-state index in [1.54, 1.807) is 0 Å². The van der Waals surface area contributed by atoms with Gasteiger partial charge in [-0.25, -0.2) is 4.98 Å². The zero-order chi connectivity index (χ0) is 12.2. The third-order valence-electron chi connectivity index (χ3n) is 3.54. The molecule has 0 radical (unpaired) electrons. The summed E-state index contributed by atoms with van der Waals surface area (Å²) in [4.78, 5) is 4.42. The van der Waals surface area contributed by atoms with E-state index in [0.717, 1.165) is 18.7 Å². The van der Waals surface area contributed by atoms with Gasteiger partial charge in [0.15, 0.2) is 0 Å². The molecule has 3 nitrogen and oxygen atoms in total. The van der Waals surface area contributed by atoms with Crippen molar-refractivity contribution in [1.82, 2.24) is 14.9 Å². The number of piperidine rings is 1. The fraction of sp³-hybridized carbons (Fsp3) is 0.400. The van der Waals surface area contributed by atoms with Crippen molar-refractivity contribution in [2.24, 2.45) is 0 Å². The predicted octanol–water partition coefficient (Wildman–Crippen LogP) is 2.73. The Morgan fingerprint density at radius 3 is 3.28 bits per heavy atom. The van der Waals surface area contributed by atoms with Crippen LogP contribution in [0.3, 0.4) is 0 Å². The molecule has 0 aromatic carbocycles. The Morgan fingerprint density at radius 1 is 1.39 bits per heavy atom. The van der Waals surface area contributed by atoms with E-state index in [1.165, 1.54) is 24.6 Å². The summed E-state index contributed by atoms with van der Waals surface area (Å²) in [7, 11) is 0. The third-order valence-corrected chi connectivity index (χ3v) is 3.54. The summed E-state index contributed by atoms with van der Waals surface area (Å²) < 4.78 is 2.19. The number of hydrogen-bond donors (Lipinski definition) is 1. The molecule has 1 saturated heterocycles. The summed E-state index contributed by atoms with van der Waals surface area (Å²) in [6.45, 7) is 2.06. The maximum atomic E-state index is 4.42. The Hall–Kier alpha value is -1.61. The standard InChI is InChI=1S/C15H19N3/c1-2-9-16-14(6-1)7-4-11-18-12-8-13-5-3-10-17-15(13)18/h3-5,7-8,10,12,14,16H,1-2,6,9,11H2/b7-4+. The van der Waals surface area contributed by atoms with E-state index in [-0.39, 0.29) is 0 Å². The fourth-order valence-electron chi connectivity index (χ4n) is 2.55. The van der Waals surface area contributed by atoms with Crippen LogP contribution in [0, 0.1) is 0 Å². The number of rotatable bonds is 3. The molecular formula is C15H19N3. The van der Waals surface area contributed by atoms with Crippen molar-refractivity contribution in [3.8, 4) is 0 Å². The molecule has 1 unspecified atom stereocenters. The van der Waals surface area contributed by atoms with Crippen molar-refractivity contribution < 1.29 is 0 Å². The summed E-state index contributed by atoms with van der Waals surface area (Å²) in [5, 5.41) is 4.73. The Morgan fingerprint density at radius 2 is 2.39 bits per heavy atom. The van der Waals surface area contributed by atoms with Crippen LogP contribution in [0.5, 0.6) is 0 Å². The lowest BCUT2D eigenvalue weighted by Crippen LogP contribution is -2.32. The molecule has 1 N–H and O–H groups in total. The Balaban J connectivity index is 1.67. The highest BCUT2D eigenvalue weighted by atomic mass is 15.0. The summed E-state index contributed by atoms with van der Waals surface area (Å²) in [5.74, 6) is 0. The number of hydrogen-bond acceptors (Lipinski definition) is 2. The van der Waals surface area contributed by atoms with E-state index in [1.807, 2.05) is 12.3 Å². The Kier molecular flexibility index (Phi) is 3.42. The number of nitrogens with zero attached hydrogens (tertiary/aromatic N) is 2. The largest absolute Gasteiger partial charge is 0.329 e. The lowest BCUT2D eigenvalue weighted by molar-refractivity contribution is 0.453. The minimum absolute atomic E-state index is 0.563. The molecule has 3 heterocycles. The highest BCUT2D eigenvalue weighted by molar-refractivity contribution is 5.75. The normalized spacial score (nSPS) is 20.8. The maximum Gasteiger partial charge on any atom is 0.140 e. The zero-order valence-electron chi connectivity index (χ0n) is 10.5. The minimum atomic E-state index is 0.563. The van der Waals surface area contributed by atoms with Crippen LogP contribution in [0.1, 0.15) is 19.3 Å². The van der Waals surface area contributed by atoms with E-state index in [9.17, 15) is 0 Å². The first kappa shape index (κ1) is 11.5. The van der Waals surface area contributed by atoms with Gasteiger partial charge in [-0.15, -0.1) is 0 Å². The second-order valence-electron chi connectivity index (χ2n) is 4.87. The van der Waals surface area contributed by atoms with Gasteiger partial charge in [0.05, 0.1) is 0 Å². The lowest BCUT2D eigenvalue weighted by Gasteiger charge is -2.20. The molecule has 0 amide bonds. The van der Waals surface area contributed by atoms with Crippen LogP contribution in [0.15, 0.2) is 42.7 Å². The van der Waals surface area contributed by atoms with Crippen LogP contribution in [-0.4, -0.2) is 22.1 Å². The van der Waals surface area contributed by atoms with E-state index in [2.05, 4.69) is 45.3 Å². The van der Waals surface area contributed by atoms with Crippen molar-refractivity contribution >= 4 is 11.0 Å². The van der Waals surface area contributed by atoms with E-state index >= 15 is 0 Å². The second-order valence-corrected chi connectivity index (χ2v) is 4.87. The van der Waals surface area contributed by atoms with Crippen molar-refractivity contribution in [2.45, 2.75) is 31.8 Å². The SMILES string of the molecule is C(=C\C1CCCCN1)/Cn1ccc2cccnc21. The summed E-state index contributed by atoms with van der Waals surface area (Å²) in [5.41, 5.74) is 1.07. The van der Waals surface area contributed by atoms with Crippen LogP contribution in [0.25, 0.3) is 11.0 Å². The van der Waals surface area contributed by atoms with Crippen molar-refractivity contribution in [2.75, 3.05) is 6.54 Å². The summed E-state index contributed by atoms with van der Waals surface area (Å²) >= 11 is 0. The average molecular weight is 241 g/mol. The monoisotopic (exact) mass is 241 g/mol. The molecule has 1 aliphatic heterocycles. The fourth-order valence-corrected chi connectivity index (χ4v) is 2.55. The van der Waals surface area contributed by atoms with E-state index < -0.39 is 0 Å². The van der Waals surface area contributed by atoms with Crippen LogP contribution < -0.4 is 5.32 Å². The van der Waals surface area contributed by atoms with Crippen molar-refractivity contribution in [3.63, 3.8) is 0 Å². The van der Waals surface area contributed by atoms with Crippen LogP contribution in [0.2, 0.25) is 0 Å². The van der Waals surface area contributed by atoms with Gasteiger partial charge in [-0.3, -0.25) is 0 Å².